The van der Waals surface area contributed by atoms with E-state index >= 15 is 0 Å². The summed E-state index contributed by atoms with van der Waals surface area (Å²) in [5, 5.41) is 0. The molecule has 0 amide bonds. The van der Waals surface area contributed by atoms with Crippen molar-refractivity contribution in [2.75, 3.05) is 0 Å². The molecule has 0 radical (unpaired) electrons. The van der Waals surface area contributed by atoms with Crippen LogP contribution in [0.2, 0.25) is 0 Å². The van der Waals surface area contributed by atoms with Gasteiger partial charge in [0.05, 0.1) is 6.10 Å². The number of hydrogen-bond acceptors (Lipinski definition) is 2. The van der Waals surface area contributed by atoms with E-state index in [4.69, 9.17) is 9.47 Å². The van der Waals surface area contributed by atoms with Gasteiger partial charge in [0.1, 0.15) is 5.60 Å². The first-order valence-corrected chi connectivity index (χ1v) is 9.17. The van der Waals surface area contributed by atoms with Gasteiger partial charge in [0, 0.05) is 6.42 Å². The normalized spacial score (nSPS) is 53.1. The summed E-state index contributed by atoms with van der Waals surface area (Å²) in [4.78, 5) is 0. The lowest BCUT2D eigenvalue weighted by atomic mass is 9.49. The topological polar surface area (TPSA) is 18.5 Å². The molecule has 1 saturated heterocycles. The van der Waals surface area contributed by atoms with Crippen LogP contribution in [0.4, 0.5) is 0 Å². The van der Waals surface area contributed by atoms with Gasteiger partial charge in [-0.25, -0.2) is 0 Å². The van der Waals surface area contributed by atoms with E-state index in [1.807, 2.05) is 0 Å². The zero-order valence-corrected chi connectivity index (χ0v) is 15.4. The van der Waals surface area contributed by atoms with Crippen LogP contribution >= 0.6 is 0 Å². The fraction of sp³-hybridized carbons (Fsp3) is 0.900. The molecule has 1 aliphatic heterocycles. The van der Waals surface area contributed by atoms with Crippen molar-refractivity contribution in [2.45, 2.75) is 91.1 Å². The molecule has 22 heavy (non-hydrogen) atoms. The Morgan fingerprint density at radius 1 is 1.18 bits per heavy atom. The first-order chi connectivity index (χ1) is 10.2. The van der Waals surface area contributed by atoms with Crippen LogP contribution in [0.1, 0.15) is 73.6 Å². The van der Waals surface area contributed by atoms with Crippen molar-refractivity contribution in [1.82, 2.24) is 0 Å². The van der Waals surface area contributed by atoms with E-state index in [1.54, 1.807) is 0 Å². The first-order valence-electron chi connectivity index (χ1n) is 9.17. The summed E-state index contributed by atoms with van der Waals surface area (Å²) in [5.41, 5.74) is 0.118. The Kier molecular flexibility index (Phi) is 3.63. The molecule has 6 atom stereocenters. The highest BCUT2D eigenvalue weighted by molar-refractivity contribution is 5.21. The Hall–Kier alpha value is -0.340. The molecule has 0 aromatic rings. The molecule has 3 fully saturated rings. The maximum absolute atomic E-state index is 6.67. The van der Waals surface area contributed by atoms with Crippen molar-refractivity contribution in [3.8, 4) is 0 Å². The van der Waals surface area contributed by atoms with Gasteiger partial charge in [-0.05, 0) is 55.8 Å². The second kappa shape index (κ2) is 4.83. The Balaban J connectivity index is 2.03. The van der Waals surface area contributed by atoms with Gasteiger partial charge in [0.15, 0.2) is 5.79 Å². The summed E-state index contributed by atoms with van der Waals surface area (Å²) in [6.45, 7) is 18.1. The summed E-state index contributed by atoms with van der Waals surface area (Å²) in [5.74, 6) is 0.914. The maximum Gasteiger partial charge on any atom is 0.166 e. The molecule has 0 aromatic carbocycles. The van der Waals surface area contributed by atoms with Crippen molar-refractivity contribution in [3.63, 3.8) is 0 Å². The fourth-order valence-corrected chi connectivity index (χ4v) is 6.07. The number of fused-ring (bicyclic) bond motifs is 2. The van der Waals surface area contributed by atoms with Crippen molar-refractivity contribution in [1.29, 1.82) is 0 Å². The van der Waals surface area contributed by atoms with E-state index in [1.165, 1.54) is 12.8 Å². The molecule has 1 heterocycles. The molecule has 2 heteroatoms. The van der Waals surface area contributed by atoms with Crippen molar-refractivity contribution < 1.29 is 9.47 Å². The van der Waals surface area contributed by atoms with Crippen LogP contribution in [-0.4, -0.2) is 17.5 Å². The first kappa shape index (κ1) is 16.5. The highest BCUT2D eigenvalue weighted by Crippen LogP contribution is 2.68. The minimum atomic E-state index is -0.421. The third-order valence-corrected chi connectivity index (χ3v) is 7.66. The lowest BCUT2D eigenvalue weighted by Crippen LogP contribution is -2.62. The zero-order chi connectivity index (χ0) is 16.4. The third-order valence-electron chi connectivity index (χ3n) is 7.66. The Morgan fingerprint density at radius 2 is 1.86 bits per heavy atom. The summed E-state index contributed by atoms with van der Waals surface area (Å²) >= 11 is 0. The van der Waals surface area contributed by atoms with E-state index in [-0.39, 0.29) is 22.5 Å². The molecule has 2 nitrogen and oxygen atoms in total. The number of hydrogen-bond donors (Lipinski definition) is 0. The molecule has 0 aromatic heterocycles. The molecule has 126 valence electrons. The maximum atomic E-state index is 6.67. The molecule has 2 saturated carbocycles. The van der Waals surface area contributed by atoms with Gasteiger partial charge in [-0.15, -0.1) is 6.58 Å². The molecular formula is C20H34O2. The van der Waals surface area contributed by atoms with E-state index in [0.717, 1.165) is 19.3 Å². The van der Waals surface area contributed by atoms with Crippen molar-refractivity contribution in [2.24, 2.45) is 22.7 Å². The largest absolute Gasteiger partial charge is 0.344 e. The highest BCUT2D eigenvalue weighted by atomic mass is 16.8. The summed E-state index contributed by atoms with van der Waals surface area (Å²) < 4.78 is 13.2. The predicted molar refractivity (Wildman–Crippen MR) is 90.6 cm³/mol. The number of allylic oxidation sites excluding steroid dienone is 1. The third kappa shape index (κ3) is 1.86. The Morgan fingerprint density at radius 3 is 2.45 bits per heavy atom. The number of rotatable bonds is 3. The van der Waals surface area contributed by atoms with Gasteiger partial charge in [-0.1, -0.05) is 40.2 Å². The molecule has 3 aliphatic rings. The van der Waals surface area contributed by atoms with Crippen LogP contribution in [-0.2, 0) is 9.47 Å². The molecule has 0 unspecified atom stereocenters. The minimum Gasteiger partial charge on any atom is -0.344 e. The fourth-order valence-electron chi connectivity index (χ4n) is 6.07. The summed E-state index contributed by atoms with van der Waals surface area (Å²) in [6.07, 6.45) is 8.15. The smallest absolute Gasteiger partial charge is 0.166 e. The molecule has 0 spiro atoms. The van der Waals surface area contributed by atoms with Crippen LogP contribution in [0.5, 0.6) is 0 Å². The SMILES string of the molecule is C=C[C@]12C[C@@H]3O[C@](C)(CCC)O[C@]3(C)C(C)(C)[C@@H]1CC[C@H]2C. The van der Waals surface area contributed by atoms with E-state index in [9.17, 15) is 0 Å². The predicted octanol–water partition coefficient (Wildman–Crippen LogP) is 5.33. The van der Waals surface area contributed by atoms with Crippen molar-refractivity contribution >= 4 is 0 Å². The Labute approximate surface area is 136 Å². The van der Waals surface area contributed by atoms with Crippen LogP contribution in [0.25, 0.3) is 0 Å². The second-order valence-corrected chi connectivity index (χ2v) is 8.97. The van der Waals surface area contributed by atoms with Crippen LogP contribution < -0.4 is 0 Å². The molecule has 2 aliphatic carbocycles. The van der Waals surface area contributed by atoms with Gasteiger partial charge in [-0.3, -0.25) is 0 Å². The average molecular weight is 306 g/mol. The average Bonchev–Trinajstić information content (AvgIpc) is 2.88. The quantitative estimate of drug-likeness (QED) is 0.656. The zero-order valence-electron chi connectivity index (χ0n) is 15.4. The minimum absolute atomic E-state index is 0.0976. The molecular weight excluding hydrogens is 272 g/mol. The lowest BCUT2D eigenvalue weighted by Gasteiger charge is -2.58. The summed E-state index contributed by atoms with van der Waals surface area (Å²) in [6, 6.07) is 0. The van der Waals surface area contributed by atoms with E-state index in [0.29, 0.717) is 11.8 Å². The van der Waals surface area contributed by atoms with Gasteiger partial charge in [0.25, 0.3) is 0 Å². The molecule has 3 rings (SSSR count). The molecule has 0 bridgehead atoms. The van der Waals surface area contributed by atoms with Gasteiger partial charge >= 0.3 is 0 Å². The van der Waals surface area contributed by atoms with Crippen molar-refractivity contribution in [3.05, 3.63) is 12.7 Å². The molecule has 0 N–H and O–H groups in total. The van der Waals surface area contributed by atoms with Gasteiger partial charge in [-0.2, -0.15) is 0 Å². The van der Waals surface area contributed by atoms with E-state index < -0.39 is 5.79 Å². The van der Waals surface area contributed by atoms with Crippen LogP contribution in [0, 0.1) is 22.7 Å². The Bertz CT molecular complexity index is 470. The monoisotopic (exact) mass is 306 g/mol. The summed E-state index contributed by atoms with van der Waals surface area (Å²) in [7, 11) is 0. The highest BCUT2D eigenvalue weighted by Gasteiger charge is 2.70. The van der Waals surface area contributed by atoms with Crippen LogP contribution in [0.15, 0.2) is 12.7 Å². The second-order valence-electron chi connectivity index (χ2n) is 8.97. The standard InChI is InChI=1S/C20H34O2/c1-8-12-18(6)21-16-13-20(9-2)14(3)10-11-15(20)17(4,5)19(16,7)22-18/h9,14-16H,2,8,10-13H2,1,3-7H3/t14-,15+,16+,18+,19+,20-/m1/s1. The van der Waals surface area contributed by atoms with E-state index in [2.05, 4.69) is 54.2 Å². The number of ether oxygens (including phenoxy) is 2. The lowest BCUT2D eigenvalue weighted by molar-refractivity contribution is -0.208. The van der Waals surface area contributed by atoms with Crippen LogP contribution in [0.3, 0.4) is 0 Å². The van der Waals surface area contributed by atoms with Gasteiger partial charge in [0.2, 0.25) is 0 Å². The van der Waals surface area contributed by atoms with Gasteiger partial charge < -0.3 is 9.47 Å².